The fourth-order valence-electron chi connectivity index (χ4n) is 2.61. The van der Waals surface area contributed by atoms with Gasteiger partial charge < -0.3 is 14.9 Å². The first-order chi connectivity index (χ1) is 8.60. The molecular formula is C14H23N3O. The molecule has 1 atom stereocenters. The first kappa shape index (κ1) is 13.3. The summed E-state index contributed by atoms with van der Waals surface area (Å²) in [7, 11) is 4.27. The predicted octanol–water partition coefficient (Wildman–Crippen LogP) is 1.27. The van der Waals surface area contributed by atoms with Crippen molar-refractivity contribution in [3.63, 3.8) is 0 Å². The summed E-state index contributed by atoms with van der Waals surface area (Å²) in [6.45, 7) is 5.45. The maximum absolute atomic E-state index is 9.15. The lowest BCUT2D eigenvalue weighted by Crippen LogP contribution is -2.28. The maximum atomic E-state index is 9.15. The van der Waals surface area contributed by atoms with Crippen LogP contribution in [0, 0.1) is 12.8 Å². The monoisotopic (exact) mass is 249 g/mol. The minimum absolute atomic E-state index is 0.0657. The van der Waals surface area contributed by atoms with Gasteiger partial charge in [-0.15, -0.1) is 0 Å². The summed E-state index contributed by atoms with van der Waals surface area (Å²) in [5.41, 5.74) is 1.83. The van der Waals surface area contributed by atoms with Crippen LogP contribution in [0.5, 0.6) is 0 Å². The molecule has 4 heteroatoms. The molecule has 1 fully saturated rings. The molecule has 0 radical (unpaired) electrons. The van der Waals surface area contributed by atoms with Gasteiger partial charge in [-0.2, -0.15) is 0 Å². The number of nitrogens with zero attached hydrogens (tertiary/aromatic N) is 3. The van der Waals surface area contributed by atoms with Gasteiger partial charge in [0, 0.05) is 25.8 Å². The van der Waals surface area contributed by atoms with Crippen LogP contribution in [0.2, 0.25) is 0 Å². The Kier molecular flexibility index (Phi) is 4.19. The fraction of sp³-hybridized carbons (Fsp3) is 0.643. The number of aromatic nitrogens is 1. The molecule has 100 valence electrons. The predicted molar refractivity (Wildman–Crippen MR) is 73.8 cm³/mol. The highest BCUT2D eigenvalue weighted by molar-refractivity contribution is 5.40. The van der Waals surface area contributed by atoms with Crippen LogP contribution in [-0.2, 0) is 6.61 Å². The number of pyridine rings is 1. The molecule has 0 spiro atoms. The Hall–Kier alpha value is -1.13. The van der Waals surface area contributed by atoms with E-state index in [0.29, 0.717) is 0 Å². The summed E-state index contributed by atoms with van der Waals surface area (Å²) in [5, 5.41) is 9.15. The summed E-state index contributed by atoms with van der Waals surface area (Å²) < 4.78 is 0. The second-order valence-electron chi connectivity index (χ2n) is 5.37. The zero-order valence-electron chi connectivity index (χ0n) is 11.6. The van der Waals surface area contributed by atoms with Gasteiger partial charge in [0.25, 0.3) is 0 Å². The van der Waals surface area contributed by atoms with E-state index in [4.69, 9.17) is 5.11 Å². The lowest BCUT2D eigenvalue weighted by Gasteiger charge is -2.22. The summed E-state index contributed by atoms with van der Waals surface area (Å²) >= 11 is 0. The van der Waals surface area contributed by atoms with Gasteiger partial charge in [0.15, 0.2) is 0 Å². The molecular weight excluding hydrogens is 226 g/mol. The molecule has 1 N–H and O–H groups in total. The van der Waals surface area contributed by atoms with Crippen LogP contribution >= 0.6 is 0 Å². The second kappa shape index (κ2) is 5.67. The van der Waals surface area contributed by atoms with Gasteiger partial charge in [-0.3, -0.25) is 0 Å². The van der Waals surface area contributed by atoms with E-state index >= 15 is 0 Å². The number of aryl methyl sites for hydroxylation is 1. The van der Waals surface area contributed by atoms with Crippen molar-refractivity contribution in [3.8, 4) is 0 Å². The third-order valence-electron chi connectivity index (χ3n) is 3.76. The van der Waals surface area contributed by atoms with E-state index < -0.39 is 0 Å². The van der Waals surface area contributed by atoms with E-state index in [-0.39, 0.29) is 6.61 Å². The van der Waals surface area contributed by atoms with E-state index in [2.05, 4.69) is 28.9 Å². The van der Waals surface area contributed by atoms with Crippen LogP contribution < -0.4 is 4.90 Å². The summed E-state index contributed by atoms with van der Waals surface area (Å²) in [5.74, 6) is 1.74. The fourth-order valence-corrected chi connectivity index (χ4v) is 2.61. The SMILES string of the molecule is Cc1nc(N(C)CC2CCN(C)C2)ccc1CO. The van der Waals surface area contributed by atoms with Gasteiger partial charge in [0.1, 0.15) is 5.82 Å². The minimum Gasteiger partial charge on any atom is -0.392 e. The molecule has 1 unspecified atom stereocenters. The highest BCUT2D eigenvalue weighted by Gasteiger charge is 2.21. The molecule has 4 nitrogen and oxygen atoms in total. The topological polar surface area (TPSA) is 39.6 Å². The van der Waals surface area contributed by atoms with Crippen molar-refractivity contribution in [2.45, 2.75) is 20.0 Å². The van der Waals surface area contributed by atoms with Crippen molar-refractivity contribution in [3.05, 3.63) is 23.4 Å². The Morgan fingerprint density at radius 3 is 2.83 bits per heavy atom. The van der Waals surface area contributed by atoms with Crippen LogP contribution in [0.3, 0.4) is 0 Å². The number of rotatable bonds is 4. The largest absolute Gasteiger partial charge is 0.392 e. The smallest absolute Gasteiger partial charge is 0.128 e. The molecule has 0 aliphatic carbocycles. The van der Waals surface area contributed by atoms with Crippen molar-refractivity contribution in [1.29, 1.82) is 0 Å². The van der Waals surface area contributed by atoms with Gasteiger partial charge in [0.2, 0.25) is 0 Å². The molecule has 2 rings (SSSR count). The Bertz CT molecular complexity index is 408. The third-order valence-corrected chi connectivity index (χ3v) is 3.76. The Morgan fingerprint density at radius 2 is 2.28 bits per heavy atom. The molecule has 1 aromatic heterocycles. The number of anilines is 1. The van der Waals surface area contributed by atoms with Crippen LogP contribution in [0.25, 0.3) is 0 Å². The minimum atomic E-state index is 0.0657. The quantitative estimate of drug-likeness (QED) is 0.872. The molecule has 1 aliphatic rings. The van der Waals surface area contributed by atoms with Crippen LogP contribution in [0.1, 0.15) is 17.7 Å². The van der Waals surface area contributed by atoms with Gasteiger partial charge >= 0.3 is 0 Å². The lowest BCUT2D eigenvalue weighted by atomic mass is 10.1. The third kappa shape index (κ3) is 3.00. The molecule has 0 aromatic carbocycles. The molecule has 18 heavy (non-hydrogen) atoms. The van der Waals surface area contributed by atoms with Crippen LogP contribution in [0.4, 0.5) is 5.82 Å². The van der Waals surface area contributed by atoms with Crippen LogP contribution in [-0.4, -0.2) is 48.7 Å². The van der Waals surface area contributed by atoms with Crippen LogP contribution in [0.15, 0.2) is 12.1 Å². The zero-order chi connectivity index (χ0) is 13.1. The van der Waals surface area contributed by atoms with Gasteiger partial charge in [-0.1, -0.05) is 6.07 Å². The normalized spacial score (nSPS) is 20.3. The molecule has 0 bridgehead atoms. The number of likely N-dealkylation sites (tertiary alicyclic amines) is 1. The Labute approximate surface area is 109 Å². The van der Waals surface area contributed by atoms with E-state index in [9.17, 15) is 0 Å². The number of hydrogen-bond acceptors (Lipinski definition) is 4. The van der Waals surface area contributed by atoms with Gasteiger partial charge in [-0.25, -0.2) is 4.98 Å². The van der Waals surface area contributed by atoms with Crippen molar-refractivity contribution in [2.24, 2.45) is 5.92 Å². The number of aliphatic hydroxyl groups excluding tert-OH is 1. The number of aliphatic hydroxyl groups is 1. The van der Waals surface area contributed by atoms with Crippen molar-refractivity contribution in [1.82, 2.24) is 9.88 Å². The molecule has 1 saturated heterocycles. The average molecular weight is 249 g/mol. The highest BCUT2D eigenvalue weighted by atomic mass is 16.3. The summed E-state index contributed by atoms with van der Waals surface area (Å²) in [4.78, 5) is 9.16. The van der Waals surface area contributed by atoms with E-state index in [1.807, 2.05) is 19.1 Å². The van der Waals surface area contributed by atoms with E-state index in [0.717, 1.165) is 29.5 Å². The first-order valence-electron chi connectivity index (χ1n) is 6.57. The Balaban J connectivity index is 2.00. The van der Waals surface area contributed by atoms with E-state index in [1.165, 1.54) is 19.5 Å². The molecule has 0 amide bonds. The molecule has 1 aliphatic heterocycles. The van der Waals surface area contributed by atoms with E-state index in [1.54, 1.807) is 0 Å². The average Bonchev–Trinajstić information content (AvgIpc) is 2.74. The highest BCUT2D eigenvalue weighted by Crippen LogP contribution is 2.19. The van der Waals surface area contributed by atoms with Crippen molar-refractivity contribution >= 4 is 5.82 Å². The van der Waals surface area contributed by atoms with Gasteiger partial charge in [-0.05, 0) is 44.5 Å². The molecule has 0 saturated carbocycles. The zero-order valence-corrected chi connectivity index (χ0v) is 11.6. The standard InChI is InChI=1S/C14H23N3O/c1-11-13(10-18)4-5-14(15-11)17(3)9-12-6-7-16(2)8-12/h4-5,12,18H,6-10H2,1-3H3. The molecule has 1 aromatic rings. The van der Waals surface area contributed by atoms with Gasteiger partial charge in [0.05, 0.1) is 6.61 Å². The van der Waals surface area contributed by atoms with Crippen molar-refractivity contribution in [2.75, 3.05) is 38.6 Å². The molecule has 2 heterocycles. The summed E-state index contributed by atoms with van der Waals surface area (Å²) in [6.07, 6.45) is 1.27. The van der Waals surface area contributed by atoms with Crippen molar-refractivity contribution < 1.29 is 5.11 Å². The summed E-state index contributed by atoms with van der Waals surface area (Å²) in [6, 6.07) is 3.96. The Morgan fingerprint density at radius 1 is 1.50 bits per heavy atom. The number of hydrogen-bond donors (Lipinski definition) is 1. The maximum Gasteiger partial charge on any atom is 0.128 e. The lowest BCUT2D eigenvalue weighted by molar-refractivity contribution is 0.280. The second-order valence-corrected chi connectivity index (χ2v) is 5.37. The first-order valence-corrected chi connectivity index (χ1v) is 6.57.